The number of halogens is 2. The van der Waals surface area contributed by atoms with Gasteiger partial charge in [-0.2, -0.15) is 0 Å². The number of hydrogen-bond donors (Lipinski definition) is 1. The summed E-state index contributed by atoms with van der Waals surface area (Å²) in [5.41, 5.74) is 1.53. The predicted molar refractivity (Wildman–Crippen MR) is 99.9 cm³/mol. The van der Waals surface area contributed by atoms with E-state index in [0.29, 0.717) is 17.7 Å². The number of carbonyl (C=O) groups is 1. The summed E-state index contributed by atoms with van der Waals surface area (Å²) in [6.45, 7) is 2.34. The van der Waals surface area contributed by atoms with Crippen LogP contribution in [0.25, 0.3) is 5.69 Å². The van der Waals surface area contributed by atoms with E-state index in [9.17, 15) is 13.6 Å². The lowest BCUT2D eigenvalue weighted by Gasteiger charge is -2.19. The van der Waals surface area contributed by atoms with Crippen LogP contribution >= 0.6 is 0 Å². The fourth-order valence-corrected chi connectivity index (χ4v) is 3.73. The SMILES string of the molecule is CC1CC1(CNC(=O)c1ccc(-n2cccc2)cc1)c1ccc(F)cc1F. The van der Waals surface area contributed by atoms with Gasteiger partial charge in [-0.25, -0.2) is 8.78 Å². The van der Waals surface area contributed by atoms with Crippen LogP contribution in [-0.4, -0.2) is 17.0 Å². The zero-order valence-electron chi connectivity index (χ0n) is 15.0. The van der Waals surface area contributed by atoms with Gasteiger partial charge in [0, 0.05) is 41.7 Å². The fraction of sp³-hybridized carbons (Fsp3) is 0.227. The van der Waals surface area contributed by atoms with Gasteiger partial charge in [0.1, 0.15) is 11.6 Å². The average Bonchev–Trinajstić information content (AvgIpc) is 3.07. The summed E-state index contributed by atoms with van der Waals surface area (Å²) in [5, 5.41) is 2.92. The third-order valence-corrected chi connectivity index (χ3v) is 5.52. The third kappa shape index (κ3) is 3.25. The van der Waals surface area contributed by atoms with Crippen molar-refractivity contribution in [3.8, 4) is 5.69 Å². The van der Waals surface area contributed by atoms with Crippen LogP contribution < -0.4 is 5.32 Å². The lowest BCUT2D eigenvalue weighted by molar-refractivity contribution is 0.0949. The number of benzene rings is 2. The van der Waals surface area contributed by atoms with Crippen molar-refractivity contribution in [2.24, 2.45) is 5.92 Å². The molecule has 1 saturated carbocycles. The molecule has 0 saturated heterocycles. The standard InChI is InChI=1S/C22H20F2N2O/c1-15-13-22(15,19-9-6-17(23)12-20(19)24)14-25-21(27)16-4-7-18(8-5-16)26-10-2-3-11-26/h2-12,15H,13-14H2,1H3,(H,25,27). The Kier molecular flexibility index (Phi) is 4.30. The molecule has 4 rings (SSSR count). The number of amides is 1. The fourth-order valence-electron chi connectivity index (χ4n) is 3.73. The molecule has 1 aliphatic rings. The molecule has 1 heterocycles. The summed E-state index contributed by atoms with van der Waals surface area (Å²) < 4.78 is 29.4. The van der Waals surface area contributed by atoms with Crippen molar-refractivity contribution in [2.45, 2.75) is 18.8 Å². The zero-order chi connectivity index (χ0) is 19.0. The van der Waals surface area contributed by atoms with E-state index >= 15 is 0 Å². The molecule has 27 heavy (non-hydrogen) atoms. The first-order valence-electron chi connectivity index (χ1n) is 8.97. The van der Waals surface area contributed by atoms with Gasteiger partial charge in [-0.3, -0.25) is 4.79 Å². The number of aromatic nitrogens is 1. The molecule has 2 atom stereocenters. The maximum atomic E-state index is 14.2. The molecule has 0 bridgehead atoms. The van der Waals surface area contributed by atoms with E-state index < -0.39 is 17.0 Å². The second kappa shape index (κ2) is 6.65. The highest BCUT2D eigenvalue weighted by atomic mass is 19.1. The predicted octanol–water partition coefficient (Wildman–Crippen LogP) is 4.46. The van der Waals surface area contributed by atoms with Gasteiger partial charge in [-0.15, -0.1) is 0 Å². The molecule has 2 aromatic carbocycles. The van der Waals surface area contributed by atoms with Crippen LogP contribution in [0.15, 0.2) is 67.0 Å². The van der Waals surface area contributed by atoms with Gasteiger partial charge in [0.15, 0.2) is 0 Å². The highest BCUT2D eigenvalue weighted by molar-refractivity contribution is 5.94. The number of hydrogen-bond acceptors (Lipinski definition) is 1. The largest absolute Gasteiger partial charge is 0.351 e. The van der Waals surface area contributed by atoms with Gasteiger partial charge in [0.05, 0.1) is 0 Å². The number of carbonyl (C=O) groups excluding carboxylic acids is 1. The normalized spacial score (nSPS) is 21.1. The van der Waals surface area contributed by atoms with E-state index in [1.54, 1.807) is 12.1 Å². The molecule has 2 unspecified atom stereocenters. The Morgan fingerprint density at radius 3 is 2.41 bits per heavy atom. The maximum absolute atomic E-state index is 14.2. The van der Waals surface area contributed by atoms with Gasteiger partial charge < -0.3 is 9.88 Å². The smallest absolute Gasteiger partial charge is 0.251 e. The van der Waals surface area contributed by atoms with Crippen LogP contribution in [0.3, 0.4) is 0 Å². The minimum atomic E-state index is -0.591. The summed E-state index contributed by atoms with van der Waals surface area (Å²) in [4.78, 5) is 12.5. The van der Waals surface area contributed by atoms with Crippen molar-refractivity contribution < 1.29 is 13.6 Å². The van der Waals surface area contributed by atoms with Gasteiger partial charge in [-0.1, -0.05) is 13.0 Å². The Morgan fingerprint density at radius 2 is 1.81 bits per heavy atom. The summed E-state index contributed by atoms with van der Waals surface area (Å²) in [7, 11) is 0. The Morgan fingerprint density at radius 1 is 1.15 bits per heavy atom. The topological polar surface area (TPSA) is 34.0 Å². The highest BCUT2D eigenvalue weighted by Crippen LogP contribution is 2.54. The van der Waals surface area contributed by atoms with Crippen LogP contribution in [-0.2, 0) is 5.41 Å². The van der Waals surface area contributed by atoms with Crippen molar-refractivity contribution in [3.05, 3.63) is 89.8 Å². The molecule has 1 fully saturated rings. The summed E-state index contributed by atoms with van der Waals surface area (Å²) >= 11 is 0. The molecule has 3 nitrogen and oxygen atoms in total. The van der Waals surface area contributed by atoms with Crippen LogP contribution in [0.1, 0.15) is 29.3 Å². The van der Waals surface area contributed by atoms with Crippen molar-refractivity contribution in [2.75, 3.05) is 6.54 Å². The quantitative estimate of drug-likeness (QED) is 0.711. The Hall–Kier alpha value is -2.95. The first-order chi connectivity index (χ1) is 13.0. The van der Waals surface area contributed by atoms with E-state index in [4.69, 9.17) is 0 Å². The van der Waals surface area contributed by atoms with Crippen molar-refractivity contribution in [1.29, 1.82) is 0 Å². The Bertz CT molecular complexity index is 966. The van der Waals surface area contributed by atoms with Gasteiger partial charge >= 0.3 is 0 Å². The monoisotopic (exact) mass is 366 g/mol. The van der Waals surface area contributed by atoms with E-state index in [1.165, 1.54) is 12.1 Å². The van der Waals surface area contributed by atoms with Crippen molar-refractivity contribution in [1.82, 2.24) is 9.88 Å². The Labute approximate surface area is 156 Å². The van der Waals surface area contributed by atoms with Crippen LogP contribution in [0, 0.1) is 17.6 Å². The minimum absolute atomic E-state index is 0.199. The molecule has 1 N–H and O–H groups in total. The van der Waals surface area contributed by atoms with Crippen molar-refractivity contribution in [3.63, 3.8) is 0 Å². The molecular formula is C22H20F2N2O. The number of rotatable bonds is 5. The molecule has 1 amide bonds. The molecule has 0 radical (unpaired) electrons. The van der Waals surface area contributed by atoms with Gasteiger partial charge in [0.2, 0.25) is 0 Å². The number of nitrogens with one attached hydrogen (secondary N) is 1. The zero-order valence-corrected chi connectivity index (χ0v) is 15.0. The highest BCUT2D eigenvalue weighted by Gasteiger charge is 2.53. The number of nitrogens with zero attached hydrogens (tertiary/aromatic N) is 1. The third-order valence-electron chi connectivity index (χ3n) is 5.52. The minimum Gasteiger partial charge on any atom is -0.351 e. The molecule has 1 aliphatic carbocycles. The first-order valence-corrected chi connectivity index (χ1v) is 8.97. The summed E-state index contributed by atoms with van der Waals surface area (Å²) in [6, 6.07) is 14.8. The van der Waals surface area contributed by atoms with Gasteiger partial charge in [0.25, 0.3) is 5.91 Å². The lowest BCUT2D eigenvalue weighted by Crippen LogP contribution is -2.33. The maximum Gasteiger partial charge on any atom is 0.251 e. The molecule has 0 aliphatic heterocycles. The van der Waals surface area contributed by atoms with Crippen LogP contribution in [0.2, 0.25) is 0 Å². The molecule has 1 aromatic heterocycles. The van der Waals surface area contributed by atoms with E-state index in [2.05, 4.69) is 5.32 Å². The molecule has 5 heteroatoms. The van der Waals surface area contributed by atoms with Gasteiger partial charge in [-0.05, 0) is 60.4 Å². The molecular weight excluding hydrogens is 346 g/mol. The van der Waals surface area contributed by atoms with E-state index in [-0.39, 0.29) is 11.8 Å². The average molecular weight is 366 g/mol. The van der Waals surface area contributed by atoms with E-state index in [0.717, 1.165) is 18.2 Å². The Balaban J connectivity index is 1.47. The van der Waals surface area contributed by atoms with E-state index in [1.807, 2.05) is 48.1 Å². The van der Waals surface area contributed by atoms with Crippen molar-refractivity contribution >= 4 is 5.91 Å². The molecule has 0 spiro atoms. The van der Waals surface area contributed by atoms with Crippen LogP contribution in [0.5, 0.6) is 0 Å². The first kappa shape index (κ1) is 17.5. The second-order valence-corrected chi connectivity index (χ2v) is 7.21. The van der Waals surface area contributed by atoms with Crippen LogP contribution in [0.4, 0.5) is 8.78 Å². The lowest BCUT2D eigenvalue weighted by atomic mass is 9.92. The summed E-state index contributed by atoms with van der Waals surface area (Å²) in [5.74, 6) is -1.11. The summed E-state index contributed by atoms with van der Waals surface area (Å²) in [6.07, 6.45) is 4.64. The second-order valence-electron chi connectivity index (χ2n) is 7.21. The molecule has 3 aromatic rings. The molecule has 138 valence electrons.